The highest BCUT2D eigenvalue weighted by Crippen LogP contribution is 2.21. The van der Waals surface area contributed by atoms with E-state index in [1.807, 2.05) is 19.9 Å². The van der Waals surface area contributed by atoms with Gasteiger partial charge in [0.1, 0.15) is 11.9 Å². The Balaban J connectivity index is 2.25. The summed E-state index contributed by atoms with van der Waals surface area (Å²) in [5.74, 6) is -0.252. The van der Waals surface area contributed by atoms with Gasteiger partial charge in [0, 0.05) is 6.42 Å². The second kappa shape index (κ2) is 5.05. The topological polar surface area (TPSA) is 81.1 Å². The molecule has 6 nitrogen and oxygen atoms in total. The van der Waals surface area contributed by atoms with E-state index in [1.54, 1.807) is 13.0 Å². The monoisotopic (exact) mass is 299 g/mol. The Morgan fingerprint density at radius 2 is 1.91 bits per heavy atom. The molecule has 1 aromatic heterocycles. The number of benzene rings is 1. The number of hydrogen-bond acceptors (Lipinski definition) is 4. The minimum Gasteiger partial charge on any atom is -0.295 e. The molecule has 22 heavy (non-hydrogen) atoms. The molecule has 0 radical (unpaired) electrons. The summed E-state index contributed by atoms with van der Waals surface area (Å²) in [6.45, 7) is 5.55. The first kappa shape index (κ1) is 14.4. The standard InChI is InChI=1S/C16H17N3O3/c1-8-6-9(2)14-11(7-8)16(22)19(10(3)17-14)12-4-5-13(20)18-15(12)21/h6-7,12H,4-5H2,1-3H3,(H,18,20,21)/t12-/m0/s1. The summed E-state index contributed by atoms with van der Waals surface area (Å²) >= 11 is 0. The third-order valence-electron chi connectivity index (χ3n) is 4.04. The molecule has 114 valence electrons. The lowest BCUT2D eigenvalue weighted by molar-refractivity contribution is -0.135. The first-order chi connectivity index (χ1) is 10.4. The summed E-state index contributed by atoms with van der Waals surface area (Å²) in [5, 5.41) is 2.79. The van der Waals surface area contributed by atoms with Crippen LogP contribution in [0, 0.1) is 20.8 Å². The molecule has 1 aromatic carbocycles. The van der Waals surface area contributed by atoms with Crippen LogP contribution < -0.4 is 10.9 Å². The van der Waals surface area contributed by atoms with E-state index < -0.39 is 11.9 Å². The van der Waals surface area contributed by atoms with Crippen molar-refractivity contribution in [2.24, 2.45) is 0 Å². The van der Waals surface area contributed by atoms with Crippen molar-refractivity contribution in [2.45, 2.75) is 39.7 Å². The van der Waals surface area contributed by atoms with Gasteiger partial charge in [-0.15, -0.1) is 0 Å². The van der Waals surface area contributed by atoms with Crippen LogP contribution in [0.1, 0.15) is 35.8 Å². The van der Waals surface area contributed by atoms with Crippen molar-refractivity contribution in [1.29, 1.82) is 0 Å². The zero-order valence-corrected chi connectivity index (χ0v) is 12.8. The molecule has 1 saturated heterocycles. The predicted molar refractivity (Wildman–Crippen MR) is 81.6 cm³/mol. The SMILES string of the molecule is Cc1cc(C)c2nc(C)n([C@H]3CCC(=O)NC3=O)c(=O)c2c1. The van der Waals surface area contributed by atoms with Gasteiger partial charge in [-0.2, -0.15) is 0 Å². The van der Waals surface area contributed by atoms with E-state index in [-0.39, 0.29) is 17.9 Å². The highest BCUT2D eigenvalue weighted by molar-refractivity contribution is 5.99. The molecule has 0 saturated carbocycles. The van der Waals surface area contributed by atoms with Crippen LogP contribution in [0.25, 0.3) is 10.9 Å². The lowest BCUT2D eigenvalue weighted by Crippen LogP contribution is -2.45. The first-order valence-electron chi connectivity index (χ1n) is 7.22. The number of carbonyl (C=O) groups is 2. The largest absolute Gasteiger partial charge is 0.295 e. The second-order valence-electron chi connectivity index (χ2n) is 5.78. The lowest BCUT2D eigenvalue weighted by Gasteiger charge is -2.24. The highest BCUT2D eigenvalue weighted by atomic mass is 16.2. The van der Waals surface area contributed by atoms with Gasteiger partial charge in [-0.3, -0.25) is 24.3 Å². The van der Waals surface area contributed by atoms with E-state index >= 15 is 0 Å². The Morgan fingerprint density at radius 1 is 1.18 bits per heavy atom. The maximum atomic E-state index is 12.8. The summed E-state index contributed by atoms with van der Waals surface area (Å²) < 4.78 is 1.41. The summed E-state index contributed by atoms with van der Waals surface area (Å²) in [7, 11) is 0. The van der Waals surface area contributed by atoms with Gasteiger partial charge in [-0.25, -0.2) is 4.98 Å². The summed E-state index contributed by atoms with van der Waals surface area (Å²) in [6, 6.07) is 3.09. The molecular formula is C16H17N3O3. The van der Waals surface area contributed by atoms with Crippen LogP contribution in [0.2, 0.25) is 0 Å². The van der Waals surface area contributed by atoms with Gasteiger partial charge < -0.3 is 0 Å². The molecule has 1 N–H and O–H groups in total. The first-order valence-corrected chi connectivity index (χ1v) is 7.22. The van der Waals surface area contributed by atoms with Gasteiger partial charge in [-0.1, -0.05) is 6.07 Å². The van der Waals surface area contributed by atoms with E-state index in [1.165, 1.54) is 4.57 Å². The number of carbonyl (C=O) groups excluding carboxylic acids is 2. The molecular weight excluding hydrogens is 282 g/mol. The number of amides is 2. The fourth-order valence-corrected chi connectivity index (χ4v) is 3.06. The Bertz CT molecular complexity index is 867. The van der Waals surface area contributed by atoms with Gasteiger partial charge in [0.05, 0.1) is 10.9 Å². The Morgan fingerprint density at radius 3 is 2.59 bits per heavy atom. The smallest absolute Gasteiger partial charge is 0.262 e. The molecule has 1 aliphatic heterocycles. The number of nitrogens with zero attached hydrogens (tertiary/aromatic N) is 2. The summed E-state index contributed by atoms with van der Waals surface area (Å²) in [5.41, 5.74) is 2.34. The zero-order chi connectivity index (χ0) is 16.0. The van der Waals surface area contributed by atoms with Gasteiger partial charge >= 0.3 is 0 Å². The Labute approximate surface area is 127 Å². The van der Waals surface area contributed by atoms with Crippen molar-refractivity contribution in [3.8, 4) is 0 Å². The minimum atomic E-state index is -0.678. The molecule has 2 aromatic rings. The summed E-state index contributed by atoms with van der Waals surface area (Å²) in [6.07, 6.45) is 0.552. The van der Waals surface area contributed by atoms with E-state index in [0.717, 1.165) is 11.1 Å². The maximum absolute atomic E-state index is 12.8. The van der Waals surface area contributed by atoms with Gasteiger partial charge in [0.25, 0.3) is 5.56 Å². The zero-order valence-electron chi connectivity index (χ0n) is 12.8. The van der Waals surface area contributed by atoms with Crippen LogP contribution in [-0.2, 0) is 9.59 Å². The quantitative estimate of drug-likeness (QED) is 0.805. The van der Waals surface area contributed by atoms with Gasteiger partial charge in [0.15, 0.2) is 0 Å². The average Bonchev–Trinajstić information content (AvgIpc) is 2.42. The van der Waals surface area contributed by atoms with Crippen molar-refractivity contribution in [2.75, 3.05) is 0 Å². The number of piperidine rings is 1. The fraction of sp³-hybridized carbons (Fsp3) is 0.375. The number of hydrogen-bond donors (Lipinski definition) is 1. The van der Waals surface area contributed by atoms with Gasteiger partial charge in [-0.05, 0) is 44.4 Å². The van der Waals surface area contributed by atoms with Crippen LogP contribution in [0.15, 0.2) is 16.9 Å². The molecule has 0 spiro atoms. The van der Waals surface area contributed by atoms with E-state index in [9.17, 15) is 14.4 Å². The van der Waals surface area contributed by atoms with Crippen molar-refractivity contribution in [3.63, 3.8) is 0 Å². The van der Waals surface area contributed by atoms with Crippen LogP contribution in [-0.4, -0.2) is 21.4 Å². The number of imide groups is 1. The number of nitrogens with one attached hydrogen (secondary N) is 1. The normalized spacial score (nSPS) is 18.6. The molecule has 3 rings (SSSR count). The lowest BCUT2D eigenvalue weighted by atomic mass is 10.0. The van der Waals surface area contributed by atoms with Crippen LogP contribution in [0.4, 0.5) is 0 Å². The molecule has 0 bridgehead atoms. The number of aromatic nitrogens is 2. The molecule has 2 amide bonds. The van der Waals surface area contributed by atoms with E-state index in [2.05, 4.69) is 10.3 Å². The molecule has 1 fully saturated rings. The fourth-order valence-electron chi connectivity index (χ4n) is 3.06. The number of aryl methyl sites for hydroxylation is 3. The minimum absolute atomic E-state index is 0.229. The highest BCUT2D eigenvalue weighted by Gasteiger charge is 2.30. The van der Waals surface area contributed by atoms with Crippen molar-refractivity contribution >= 4 is 22.7 Å². The van der Waals surface area contributed by atoms with Crippen LogP contribution in [0.5, 0.6) is 0 Å². The number of fused-ring (bicyclic) bond motifs is 1. The molecule has 1 aliphatic rings. The van der Waals surface area contributed by atoms with E-state index in [0.29, 0.717) is 23.1 Å². The second-order valence-corrected chi connectivity index (χ2v) is 5.78. The maximum Gasteiger partial charge on any atom is 0.262 e. The predicted octanol–water partition coefficient (Wildman–Crippen LogP) is 1.30. The van der Waals surface area contributed by atoms with Crippen LogP contribution in [0.3, 0.4) is 0 Å². The average molecular weight is 299 g/mol. The molecule has 0 aliphatic carbocycles. The molecule has 6 heteroatoms. The van der Waals surface area contributed by atoms with Crippen molar-refractivity contribution in [1.82, 2.24) is 14.9 Å². The number of rotatable bonds is 1. The molecule has 2 heterocycles. The van der Waals surface area contributed by atoms with Gasteiger partial charge in [0.2, 0.25) is 11.8 Å². The third-order valence-corrected chi connectivity index (χ3v) is 4.04. The van der Waals surface area contributed by atoms with Crippen molar-refractivity contribution < 1.29 is 9.59 Å². The van der Waals surface area contributed by atoms with E-state index in [4.69, 9.17) is 0 Å². The molecule has 0 unspecified atom stereocenters. The van der Waals surface area contributed by atoms with Crippen LogP contribution >= 0.6 is 0 Å². The third kappa shape index (κ3) is 2.20. The Kier molecular flexibility index (Phi) is 3.31. The molecule has 1 atom stereocenters. The Hall–Kier alpha value is -2.50. The van der Waals surface area contributed by atoms with Crippen molar-refractivity contribution in [3.05, 3.63) is 39.4 Å². The summed E-state index contributed by atoms with van der Waals surface area (Å²) in [4.78, 5) is 40.7.